The minimum absolute atomic E-state index is 0.0706. The number of fused-ring (bicyclic) bond motifs is 1. The molecule has 2 aromatic heterocycles. The van der Waals surface area contributed by atoms with E-state index in [9.17, 15) is 4.79 Å². The summed E-state index contributed by atoms with van der Waals surface area (Å²) in [6.45, 7) is 3.84. The maximum atomic E-state index is 13.2. The highest BCUT2D eigenvalue weighted by molar-refractivity contribution is 5.84. The number of carbonyl (C=O) groups excluding carboxylic acids is 1. The fourth-order valence-corrected chi connectivity index (χ4v) is 4.48. The summed E-state index contributed by atoms with van der Waals surface area (Å²) >= 11 is 0. The smallest absolute Gasteiger partial charge is 0.227 e. The van der Waals surface area contributed by atoms with Gasteiger partial charge in [0.1, 0.15) is 11.6 Å². The summed E-state index contributed by atoms with van der Waals surface area (Å²) in [5.74, 6) is 2.57. The second-order valence-electron chi connectivity index (χ2n) is 7.36. The van der Waals surface area contributed by atoms with E-state index in [1.165, 1.54) is 0 Å². The van der Waals surface area contributed by atoms with Gasteiger partial charge in [-0.2, -0.15) is 0 Å². The van der Waals surface area contributed by atoms with E-state index in [2.05, 4.69) is 34.6 Å². The SMILES string of the molecule is CCn1c([C@H]2CCCN2C(=O)[C@H]2C[C@@H]2c2ccco2)nc2ccccc21. The molecule has 1 saturated heterocycles. The third kappa shape index (κ3) is 2.37. The Labute approximate surface area is 152 Å². The van der Waals surface area contributed by atoms with Crippen molar-refractivity contribution in [2.45, 2.75) is 44.7 Å². The summed E-state index contributed by atoms with van der Waals surface area (Å²) in [4.78, 5) is 20.1. The number of amides is 1. The first-order valence-corrected chi connectivity index (χ1v) is 9.57. The zero-order valence-electron chi connectivity index (χ0n) is 15.0. The average Bonchev–Trinajstić information content (AvgIpc) is 3.08. The number of carbonyl (C=O) groups is 1. The van der Waals surface area contributed by atoms with Crippen LogP contribution in [0.3, 0.4) is 0 Å². The van der Waals surface area contributed by atoms with Gasteiger partial charge in [-0.25, -0.2) is 4.98 Å². The zero-order valence-corrected chi connectivity index (χ0v) is 15.0. The Balaban J connectivity index is 1.44. The van der Waals surface area contributed by atoms with Crippen molar-refractivity contribution < 1.29 is 9.21 Å². The van der Waals surface area contributed by atoms with Crippen LogP contribution in [0, 0.1) is 5.92 Å². The number of nitrogens with zero attached hydrogens (tertiary/aromatic N) is 3. The number of hydrogen-bond donors (Lipinski definition) is 0. The molecule has 5 rings (SSSR count). The zero-order chi connectivity index (χ0) is 17.7. The molecule has 1 aliphatic carbocycles. The van der Waals surface area contributed by atoms with Gasteiger partial charge in [0.25, 0.3) is 0 Å². The fraction of sp³-hybridized carbons (Fsp3) is 0.429. The van der Waals surface area contributed by atoms with Crippen LogP contribution in [0.15, 0.2) is 47.1 Å². The van der Waals surface area contributed by atoms with Crippen molar-refractivity contribution in [3.63, 3.8) is 0 Å². The first-order chi connectivity index (χ1) is 12.8. The number of imidazole rings is 1. The van der Waals surface area contributed by atoms with Crippen LogP contribution in [0.5, 0.6) is 0 Å². The van der Waals surface area contributed by atoms with Crippen molar-refractivity contribution in [3.8, 4) is 0 Å². The van der Waals surface area contributed by atoms with Crippen LogP contribution < -0.4 is 0 Å². The summed E-state index contributed by atoms with van der Waals surface area (Å²) in [5, 5.41) is 0. The highest BCUT2D eigenvalue weighted by Gasteiger charge is 2.49. The van der Waals surface area contributed by atoms with Gasteiger partial charge in [0, 0.05) is 24.9 Å². The van der Waals surface area contributed by atoms with Crippen molar-refractivity contribution >= 4 is 16.9 Å². The topological polar surface area (TPSA) is 51.3 Å². The molecular weight excluding hydrogens is 326 g/mol. The molecule has 1 aromatic carbocycles. The molecule has 2 aliphatic rings. The number of likely N-dealkylation sites (tertiary alicyclic amines) is 1. The third-order valence-corrected chi connectivity index (χ3v) is 5.85. The number of para-hydroxylation sites is 2. The first kappa shape index (κ1) is 15.7. The lowest BCUT2D eigenvalue weighted by atomic mass is 10.2. The summed E-state index contributed by atoms with van der Waals surface area (Å²) in [7, 11) is 0. The van der Waals surface area contributed by atoms with Crippen molar-refractivity contribution in [1.29, 1.82) is 0 Å². The minimum Gasteiger partial charge on any atom is -0.469 e. The molecule has 1 aliphatic heterocycles. The average molecular weight is 349 g/mol. The molecule has 3 aromatic rings. The number of aromatic nitrogens is 2. The molecule has 0 spiro atoms. The Bertz CT molecular complexity index is 943. The van der Waals surface area contributed by atoms with Crippen LogP contribution in [0.25, 0.3) is 11.0 Å². The third-order valence-electron chi connectivity index (χ3n) is 5.85. The van der Waals surface area contributed by atoms with Crippen LogP contribution in [-0.4, -0.2) is 26.9 Å². The molecular formula is C21H23N3O2. The van der Waals surface area contributed by atoms with Gasteiger partial charge in [-0.3, -0.25) is 4.79 Å². The van der Waals surface area contributed by atoms with E-state index in [0.29, 0.717) is 0 Å². The standard InChI is InChI=1S/C21H23N3O2/c1-2-23-17-8-4-3-7-16(17)22-20(23)18-9-5-11-24(18)21(25)15-13-14(15)19-10-6-12-26-19/h3-4,6-8,10,12,14-15,18H,2,5,9,11,13H2,1H3/t14-,15-,18+/m0/s1. The molecule has 3 heterocycles. The van der Waals surface area contributed by atoms with Crippen LogP contribution in [0.2, 0.25) is 0 Å². The number of hydrogen-bond acceptors (Lipinski definition) is 3. The lowest BCUT2D eigenvalue weighted by Gasteiger charge is -2.25. The number of aryl methyl sites for hydroxylation is 1. The molecule has 0 bridgehead atoms. The summed E-state index contributed by atoms with van der Waals surface area (Å²) in [5.41, 5.74) is 2.17. The van der Waals surface area contributed by atoms with Crippen LogP contribution in [0.4, 0.5) is 0 Å². The molecule has 0 radical (unpaired) electrons. The molecule has 3 atom stereocenters. The Morgan fingerprint density at radius 2 is 2.15 bits per heavy atom. The van der Waals surface area contributed by atoms with Gasteiger partial charge in [0.2, 0.25) is 5.91 Å². The number of rotatable bonds is 4. The van der Waals surface area contributed by atoms with Crippen LogP contribution in [0.1, 0.15) is 49.7 Å². The van der Waals surface area contributed by atoms with Gasteiger partial charge >= 0.3 is 0 Å². The van der Waals surface area contributed by atoms with E-state index in [-0.39, 0.29) is 23.8 Å². The Morgan fingerprint density at radius 3 is 2.96 bits per heavy atom. The van der Waals surface area contributed by atoms with Gasteiger partial charge in [0.15, 0.2) is 0 Å². The summed E-state index contributed by atoms with van der Waals surface area (Å²) in [6, 6.07) is 12.2. The quantitative estimate of drug-likeness (QED) is 0.712. The van der Waals surface area contributed by atoms with Crippen LogP contribution in [-0.2, 0) is 11.3 Å². The molecule has 26 heavy (non-hydrogen) atoms. The van der Waals surface area contributed by atoms with E-state index in [1.807, 2.05) is 18.2 Å². The lowest BCUT2D eigenvalue weighted by molar-refractivity contribution is -0.133. The van der Waals surface area contributed by atoms with Crippen molar-refractivity contribution in [3.05, 3.63) is 54.2 Å². The molecule has 1 amide bonds. The Hall–Kier alpha value is -2.56. The van der Waals surface area contributed by atoms with E-state index < -0.39 is 0 Å². The summed E-state index contributed by atoms with van der Waals surface area (Å²) in [6.07, 6.45) is 4.63. The van der Waals surface area contributed by atoms with Gasteiger partial charge < -0.3 is 13.9 Å². The molecule has 2 fully saturated rings. The van der Waals surface area contributed by atoms with Crippen molar-refractivity contribution in [2.75, 3.05) is 6.54 Å². The van der Waals surface area contributed by atoms with Gasteiger partial charge in [-0.05, 0) is 50.5 Å². The molecule has 1 saturated carbocycles. The summed E-state index contributed by atoms with van der Waals surface area (Å²) < 4.78 is 7.77. The van der Waals surface area contributed by atoms with Gasteiger partial charge in [-0.15, -0.1) is 0 Å². The second-order valence-corrected chi connectivity index (χ2v) is 7.36. The second kappa shape index (κ2) is 6.01. The van der Waals surface area contributed by atoms with Crippen molar-refractivity contribution in [2.24, 2.45) is 5.92 Å². The maximum Gasteiger partial charge on any atom is 0.227 e. The largest absolute Gasteiger partial charge is 0.469 e. The van der Waals surface area contributed by atoms with E-state index >= 15 is 0 Å². The van der Waals surface area contributed by atoms with Crippen molar-refractivity contribution in [1.82, 2.24) is 14.5 Å². The van der Waals surface area contributed by atoms with Crippen LogP contribution >= 0.6 is 0 Å². The normalized spacial score (nSPS) is 25.1. The van der Waals surface area contributed by atoms with E-state index in [0.717, 1.165) is 55.0 Å². The molecule has 5 heteroatoms. The monoisotopic (exact) mass is 349 g/mol. The Kier molecular flexibility index (Phi) is 3.62. The van der Waals surface area contributed by atoms with Gasteiger partial charge in [-0.1, -0.05) is 12.1 Å². The fourth-order valence-electron chi connectivity index (χ4n) is 4.48. The highest BCUT2D eigenvalue weighted by atomic mass is 16.3. The highest BCUT2D eigenvalue weighted by Crippen LogP contribution is 2.50. The predicted molar refractivity (Wildman–Crippen MR) is 98.7 cm³/mol. The maximum absolute atomic E-state index is 13.2. The number of furan rings is 1. The Morgan fingerprint density at radius 1 is 1.27 bits per heavy atom. The van der Waals surface area contributed by atoms with E-state index in [1.54, 1.807) is 6.26 Å². The molecule has 0 unspecified atom stereocenters. The predicted octanol–water partition coefficient (Wildman–Crippen LogP) is 4.12. The van der Waals surface area contributed by atoms with E-state index in [4.69, 9.17) is 9.40 Å². The molecule has 134 valence electrons. The first-order valence-electron chi connectivity index (χ1n) is 9.57. The molecule has 5 nitrogen and oxygen atoms in total. The minimum atomic E-state index is 0.0706. The number of benzene rings is 1. The van der Waals surface area contributed by atoms with Gasteiger partial charge in [0.05, 0.1) is 23.3 Å². The molecule has 0 N–H and O–H groups in total. The lowest BCUT2D eigenvalue weighted by Crippen LogP contribution is -2.33.